The molecule has 0 fully saturated rings. The maximum atomic E-state index is 5.88. The van der Waals surface area contributed by atoms with Crippen LogP contribution in [0.2, 0.25) is 0 Å². The minimum absolute atomic E-state index is 0.834. The SMILES string of the molecule is CC/C(N)=C\C1=C(C)c2ccc(N)cc2C1. The number of allylic oxidation sites excluding steroid dienone is 4. The van der Waals surface area contributed by atoms with Gasteiger partial charge in [0.1, 0.15) is 0 Å². The van der Waals surface area contributed by atoms with Crippen LogP contribution >= 0.6 is 0 Å². The fourth-order valence-corrected chi connectivity index (χ4v) is 2.12. The van der Waals surface area contributed by atoms with Crippen LogP contribution in [0.5, 0.6) is 0 Å². The Kier molecular flexibility index (Phi) is 2.73. The van der Waals surface area contributed by atoms with E-state index in [1.807, 2.05) is 6.07 Å². The van der Waals surface area contributed by atoms with E-state index in [-0.39, 0.29) is 0 Å². The second-order valence-corrected chi connectivity index (χ2v) is 4.32. The van der Waals surface area contributed by atoms with Crippen LogP contribution in [0, 0.1) is 0 Å². The standard InChI is InChI=1S/C14H18N2/c1-3-12(15)7-10-6-11-8-13(16)4-5-14(11)9(10)2/h4-5,7-8H,3,6,15-16H2,1-2H3/b12-7+. The van der Waals surface area contributed by atoms with Gasteiger partial charge in [0.15, 0.2) is 0 Å². The highest BCUT2D eigenvalue weighted by molar-refractivity contribution is 5.78. The number of fused-ring (bicyclic) bond motifs is 1. The molecular weight excluding hydrogens is 196 g/mol. The Balaban J connectivity index is 2.39. The molecular formula is C14H18N2. The average molecular weight is 214 g/mol. The molecule has 0 amide bonds. The number of anilines is 1. The van der Waals surface area contributed by atoms with E-state index in [4.69, 9.17) is 11.5 Å². The summed E-state index contributed by atoms with van der Waals surface area (Å²) < 4.78 is 0. The molecule has 1 aliphatic rings. The zero-order valence-electron chi connectivity index (χ0n) is 9.88. The van der Waals surface area contributed by atoms with Gasteiger partial charge in [-0.1, -0.05) is 13.0 Å². The van der Waals surface area contributed by atoms with E-state index < -0.39 is 0 Å². The lowest BCUT2D eigenvalue weighted by Crippen LogP contribution is -1.96. The molecule has 4 N–H and O–H groups in total. The summed E-state index contributed by atoms with van der Waals surface area (Å²) in [4.78, 5) is 0. The summed E-state index contributed by atoms with van der Waals surface area (Å²) in [5.41, 5.74) is 18.7. The molecule has 1 aromatic rings. The third kappa shape index (κ3) is 1.83. The summed E-state index contributed by atoms with van der Waals surface area (Å²) in [6.45, 7) is 4.22. The van der Waals surface area contributed by atoms with Crippen molar-refractivity contribution in [2.24, 2.45) is 5.73 Å². The maximum absolute atomic E-state index is 5.88. The molecule has 0 aromatic heterocycles. The number of nitrogen functional groups attached to an aromatic ring is 1. The first-order valence-electron chi connectivity index (χ1n) is 5.66. The summed E-state index contributed by atoms with van der Waals surface area (Å²) in [5.74, 6) is 0. The van der Waals surface area contributed by atoms with Crippen LogP contribution in [0.1, 0.15) is 31.4 Å². The van der Waals surface area contributed by atoms with Crippen LogP contribution in [-0.2, 0) is 6.42 Å². The Morgan fingerprint density at radius 2 is 2.19 bits per heavy atom. The predicted octanol–water partition coefficient (Wildman–Crippen LogP) is 2.85. The number of benzene rings is 1. The normalized spacial score (nSPS) is 15.5. The zero-order valence-corrected chi connectivity index (χ0v) is 9.88. The van der Waals surface area contributed by atoms with Crippen LogP contribution in [-0.4, -0.2) is 0 Å². The quantitative estimate of drug-likeness (QED) is 0.744. The van der Waals surface area contributed by atoms with E-state index in [0.29, 0.717) is 0 Å². The molecule has 0 atom stereocenters. The van der Waals surface area contributed by atoms with Crippen LogP contribution in [0.3, 0.4) is 0 Å². The highest BCUT2D eigenvalue weighted by atomic mass is 14.6. The van der Waals surface area contributed by atoms with Crippen molar-refractivity contribution < 1.29 is 0 Å². The molecule has 1 aliphatic carbocycles. The van der Waals surface area contributed by atoms with Crippen molar-refractivity contribution in [3.8, 4) is 0 Å². The van der Waals surface area contributed by atoms with Crippen LogP contribution in [0.25, 0.3) is 5.57 Å². The molecule has 0 saturated heterocycles. The van der Waals surface area contributed by atoms with Crippen molar-refractivity contribution in [2.45, 2.75) is 26.7 Å². The predicted molar refractivity (Wildman–Crippen MR) is 69.7 cm³/mol. The van der Waals surface area contributed by atoms with E-state index in [0.717, 1.165) is 24.2 Å². The molecule has 0 spiro atoms. The van der Waals surface area contributed by atoms with Gasteiger partial charge in [-0.05, 0) is 60.2 Å². The lowest BCUT2D eigenvalue weighted by Gasteiger charge is -2.01. The summed E-state index contributed by atoms with van der Waals surface area (Å²) in [7, 11) is 0. The number of rotatable bonds is 2. The average Bonchev–Trinajstić information content (AvgIpc) is 2.55. The van der Waals surface area contributed by atoms with Crippen molar-refractivity contribution >= 4 is 11.3 Å². The Morgan fingerprint density at radius 1 is 1.44 bits per heavy atom. The molecule has 1 aromatic carbocycles. The summed E-state index contributed by atoms with van der Waals surface area (Å²) >= 11 is 0. The van der Waals surface area contributed by atoms with Crippen LogP contribution in [0.4, 0.5) is 5.69 Å². The maximum Gasteiger partial charge on any atom is 0.0317 e. The molecule has 2 nitrogen and oxygen atoms in total. The second-order valence-electron chi connectivity index (χ2n) is 4.32. The van der Waals surface area contributed by atoms with Gasteiger partial charge in [0.05, 0.1) is 0 Å². The molecule has 16 heavy (non-hydrogen) atoms. The van der Waals surface area contributed by atoms with Crippen molar-refractivity contribution in [3.05, 3.63) is 46.7 Å². The Bertz CT molecular complexity index is 482. The van der Waals surface area contributed by atoms with Crippen LogP contribution < -0.4 is 11.5 Å². The van der Waals surface area contributed by atoms with Crippen molar-refractivity contribution in [1.82, 2.24) is 0 Å². The summed E-state index contributed by atoms with van der Waals surface area (Å²) in [6.07, 6.45) is 3.95. The van der Waals surface area contributed by atoms with Gasteiger partial charge < -0.3 is 11.5 Å². The fourth-order valence-electron chi connectivity index (χ4n) is 2.12. The molecule has 0 radical (unpaired) electrons. The number of hydrogen-bond donors (Lipinski definition) is 2. The monoisotopic (exact) mass is 214 g/mol. The van der Waals surface area contributed by atoms with Crippen LogP contribution in [0.15, 0.2) is 35.5 Å². The molecule has 2 heteroatoms. The van der Waals surface area contributed by atoms with Gasteiger partial charge in [-0.25, -0.2) is 0 Å². The largest absolute Gasteiger partial charge is 0.402 e. The minimum Gasteiger partial charge on any atom is -0.402 e. The smallest absolute Gasteiger partial charge is 0.0317 e. The van der Waals surface area contributed by atoms with Crippen molar-refractivity contribution in [3.63, 3.8) is 0 Å². The zero-order chi connectivity index (χ0) is 11.7. The summed E-state index contributed by atoms with van der Waals surface area (Å²) in [6, 6.07) is 6.11. The van der Waals surface area contributed by atoms with E-state index >= 15 is 0 Å². The van der Waals surface area contributed by atoms with E-state index in [2.05, 4.69) is 32.1 Å². The van der Waals surface area contributed by atoms with Gasteiger partial charge >= 0.3 is 0 Å². The lowest BCUT2D eigenvalue weighted by molar-refractivity contribution is 1.06. The molecule has 0 bridgehead atoms. The van der Waals surface area contributed by atoms with Gasteiger partial charge in [-0.2, -0.15) is 0 Å². The first-order chi connectivity index (χ1) is 7.61. The highest BCUT2D eigenvalue weighted by Crippen LogP contribution is 2.34. The van der Waals surface area contributed by atoms with Gasteiger partial charge in [-0.3, -0.25) is 0 Å². The van der Waals surface area contributed by atoms with Crippen molar-refractivity contribution in [1.29, 1.82) is 0 Å². The second kappa shape index (κ2) is 4.05. The molecule has 0 heterocycles. The Morgan fingerprint density at radius 3 is 2.88 bits per heavy atom. The molecule has 2 rings (SSSR count). The highest BCUT2D eigenvalue weighted by Gasteiger charge is 2.16. The first kappa shape index (κ1) is 10.8. The lowest BCUT2D eigenvalue weighted by atomic mass is 10.1. The Hall–Kier alpha value is -1.70. The van der Waals surface area contributed by atoms with Gasteiger partial charge in [-0.15, -0.1) is 0 Å². The minimum atomic E-state index is 0.834. The number of nitrogens with two attached hydrogens (primary N) is 2. The molecule has 0 unspecified atom stereocenters. The van der Waals surface area contributed by atoms with Gasteiger partial charge in [0.25, 0.3) is 0 Å². The van der Waals surface area contributed by atoms with Crippen molar-refractivity contribution in [2.75, 3.05) is 5.73 Å². The van der Waals surface area contributed by atoms with E-state index in [1.165, 1.54) is 22.3 Å². The molecule has 84 valence electrons. The number of hydrogen-bond acceptors (Lipinski definition) is 2. The van der Waals surface area contributed by atoms with E-state index in [9.17, 15) is 0 Å². The molecule has 0 aliphatic heterocycles. The topological polar surface area (TPSA) is 52.0 Å². The Labute approximate surface area is 96.6 Å². The first-order valence-corrected chi connectivity index (χ1v) is 5.66. The third-order valence-electron chi connectivity index (χ3n) is 3.16. The van der Waals surface area contributed by atoms with Gasteiger partial charge in [0.2, 0.25) is 0 Å². The van der Waals surface area contributed by atoms with E-state index in [1.54, 1.807) is 0 Å². The fraction of sp³-hybridized carbons (Fsp3) is 0.286. The third-order valence-corrected chi connectivity index (χ3v) is 3.16. The summed E-state index contributed by atoms with van der Waals surface area (Å²) in [5, 5.41) is 0. The van der Waals surface area contributed by atoms with Gasteiger partial charge in [0, 0.05) is 11.4 Å². The molecule has 0 saturated carbocycles.